The molecule has 4 nitrogen and oxygen atoms in total. The maximum Gasteiger partial charge on any atom is 0.119 e. The Morgan fingerprint density at radius 2 is 2.26 bits per heavy atom. The number of rotatable bonds is 3. The lowest BCUT2D eigenvalue weighted by Gasteiger charge is -2.66. The van der Waals surface area contributed by atoms with Gasteiger partial charge in [0.05, 0.1) is 13.2 Å². The summed E-state index contributed by atoms with van der Waals surface area (Å²) in [4.78, 5) is 2.66. The van der Waals surface area contributed by atoms with Crippen LogP contribution in [0, 0.1) is 17.3 Å². The van der Waals surface area contributed by atoms with Crippen LogP contribution in [0.1, 0.15) is 43.7 Å². The van der Waals surface area contributed by atoms with E-state index in [1.165, 1.54) is 32.2 Å². The van der Waals surface area contributed by atoms with Crippen molar-refractivity contribution in [2.24, 2.45) is 17.3 Å². The molecule has 27 heavy (non-hydrogen) atoms. The molecule has 0 aromatic heterocycles. The Labute approximate surface area is 162 Å². The standard InChI is InChI=1S/C23H32N2O2/c1-14(26)13-25-8-7-23-18-10-17(27-2)4-3-15(18)9-20(25)22(23)6-5-19-21(23)16(11-22)12-24-19/h3-4,10,14,16,19-21,24,26H,5-9,11-13H2,1-2H3/t14-,16+,19?,20+,21?,22+,23-/m0/s1. The Balaban J connectivity index is 1.57. The minimum absolute atomic E-state index is 0.245. The molecule has 5 aliphatic rings. The second-order valence-electron chi connectivity index (χ2n) is 10.0. The van der Waals surface area contributed by atoms with Crippen molar-refractivity contribution in [1.82, 2.24) is 10.2 Å². The van der Waals surface area contributed by atoms with E-state index in [0.717, 1.165) is 37.1 Å². The molecule has 2 saturated carbocycles. The van der Waals surface area contributed by atoms with Crippen LogP contribution in [0.5, 0.6) is 5.75 Å². The minimum Gasteiger partial charge on any atom is -0.497 e. The van der Waals surface area contributed by atoms with Crippen LogP contribution in [-0.2, 0) is 11.8 Å². The van der Waals surface area contributed by atoms with E-state index in [2.05, 4.69) is 28.4 Å². The van der Waals surface area contributed by atoms with Gasteiger partial charge in [-0.15, -0.1) is 0 Å². The molecule has 1 aromatic carbocycles. The van der Waals surface area contributed by atoms with Gasteiger partial charge < -0.3 is 15.2 Å². The zero-order valence-corrected chi connectivity index (χ0v) is 16.6. The molecular weight excluding hydrogens is 336 g/mol. The third-order valence-electron chi connectivity index (χ3n) is 9.15. The molecule has 6 rings (SSSR count). The Morgan fingerprint density at radius 3 is 3.07 bits per heavy atom. The SMILES string of the molecule is COc1ccc2c(c1)[C@]13CCN(C[C@H](C)O)[C@H](C2)[C@]12CCC1NC[C@@H](C2)C13. The van der Waals surface area contributed by atoms with Crippen molar-refractivity contribution in [3.63, 3.8) is 0 Å². The molecule has 0 spiro atoms. The summed E-state index contributed by atoms with van der Waals surface area (Å²) in [7, 11) is 1.80. The summed E-state index contributed by atoms with van der Waals surface area (Å²) in [6.07, 6.45) is 6.20. The number of hydrogen-bond acceptors (Lipinski definition) is 4. The number of nitrogens with zero attached hydrogens (tertiary/aromatic N) is 1. The van der Waals surface area contributed by atoms with Crippen molar-refractivity contribution in [1.29, 1.82) is 0 Å². The number of aliphatic hydroxyl groups excluding tert-OH is 1. The molecule has 4 fully saturated rings. The van der Waals surface area contributed by atoms with Crippen molar-refractivity contribution < 1.29 is 9.84 Å². The van der Waals surface area contributed by atoms with Crippen LogP contribution in [0.2, 0.25) is 0 Å². The van der Waals surface area contributed by atoms with Crippen LogP contribution in [0.15, 0.2) is 18.2 Å². The average Bonchev–Trinajstić information content (AvgIpc) is 3.13. The van der Waals surface area contributed by atoms with Gasteiger partial charge in [0.2, 0.25) is 0 Å². The molecule has 0 radical (unpaired) electrons. The molecule has 3 aliphatic carbocycles. The maximum absolute atomic E-state index is 10.2. The summed E-state index contributed by atoms with van der Waals surface area (Å²) in [5.74, 6) is 2.63. The number of benzene rings is 1. The second-order valence-corrected chi connectivity index (χ2v) is 10.0. The highest BCUT2D eigenvalue weighted by molar-refractivity contribution is 5.50. The molecule has 7 atom stereocenters. The number of methoxy groups -OCH3 is 1. The van der Waals surface area contributed by atoms with E-state index in [9.17, 15) is 5.11 Å². The normalized spacial score (nSPS) is 45.3. The number of likely N-dealkylation sites (tertiary alicyclic amines) is 1. The quantitative estimate of drug-likeness (QED) is 0.860. The number of nitrogens with one attached hydrogen (secondary N) is 1. The lowest BCUT2D eigenvalue weighted by atomic mass is 9.43. The van der Waals surface area contributed by atoms with Crippen LogP contribution in [0.25, 0.3) is 0 Å². The zero-order valence-electron chi connectivity index (χ0n) is 16.6. The van der Waals surface area contributed by atoms with Gasteiger partial charge in [-0.05, 0) is 92.6 Å². The maximum atomic E-state index is 10.2. The van der Waals surface area contributed by atoms with E-state index in [-0.39, 0.29) is 6.10 Å². The number of β-amino-alcohol motifs (C(OH)–C–C–N with tert-alkyl or cyclic N) is 1. The van der Waals surface area contributed by atoms with Gasteiger partial charge in [-0.25, -0.2) is 0 Å². The fraction of sp³-hybridized carbons (Fsp3) is 0.739. The predicted molar refractivity (Wildman–Crippen MR) is 105 cm³/mol. The van der Waals surface area contributed by atoms with E-state index >= 15 is 0 Å². The van der Waals surface area contributed by atoms with Gasteiger partial charge in [0.1, 0.15) is 5.75 Å². The first kappa shape index (κ1) is 16.8. The number of ether oxygens (including phenoxy) is 1. The summed E-state index contributed by atoms with van der Waals surface area (Å²) in [5, 5.41) is 14.1. The molecule has 2 unspecified atom stereocenters. The fourth-order valence-corrected chi connectivity index (χ4v) is 8.62. The van der Waals surface area contributed by atoms with E-state index in [0.29, 0.717) is 22.9 Å². The van der Waals surface area contributed by atoms with Gasteiger partial charge in [-0.3, -0.25) is 4.90 Å². The summed E-state index contributed by atoms with van der Waals surface area (Å²) < 4.78 is 5.67. The molecule has 1 aromatic rings. The average molecular weight is 369 g/mol. The van der Waals surface area contributed by atoms with Crippen LogP contribution in [-0.4, -0.2) is 54.9 Å². The lowest BCUT2D eigenvalue weighted by Crippen LogP contribution is -2.70. The first-order valence-electron chi connectivity index (χ1n) is 10.9. The van der Waals surface area contributed by atoms with Crippen molar-refractivity contribution in [2.45, 2.75) is 62.6 Å². The highest BCUT2D eigenvalue weighted by atomic mass is 16.5. The molecule has 4 bridgehead atoms. The molecular formula is C23H32N2O2. The largest absolute Gasteiger partial charge is 0.497 e. The Hall–Kier alpha value is -1.10. The van der Waals surface area contributed by atoms with Crippen LogP contribution >= 0.6 is 0 Å². The van der Waals surface area contributed by atoms with E-state index in [4.69, 9.17) is 4.74 Å². The number of piperidine rings is 1. The lowest BCUT2D eigenvalue weighted by molar-refractivity contribution is -0.101. The summed E-state index contributed by atoms with van der Waals surface area (Å²) in [6.45, 7) is 5.11. The van der Waals surface area contributed by atoms with Gasteiger partial charge in [0.15, 0.2) is 0 Å². The number of aliphatic hydroxyl groups is 1. The predicted octanol–water partition coefficient (Wildman–Crippen LogP) is 2.33. The highest BCUT2D eigenvalue weighted by Crippen LogP contribution is 2.74. The van der Waals surface area contributed by atoms with Crippen molar-refractivity contribution >= 4 is 0 Å². The van der Waals surface area contributed by atoms with Gasteiger partial charge in [0.25, 0.3) is 0 Å². The van der Waals surface area contributed by atoms with Crippen LogP contribution in [0.3, 0.4) is 0 Å². The highest BCUT2D eigenvalue weighted by Gasteiger charge is 2.74. The fourth-order valence-electron chi connectivity index (χ4n) is 8.62. The van der Waals surface area contributed by atoms with Crippen molar-refractivity contribution in [3.05, 3.63) is 29.3 Å². The van der Waals surface area contributed by atoms with E-state index < -0.39 is 0 Å². The Kier molecular flexibility index (Phi) is 3.42. The summed E-state index contributed by atoms with van der Waals surface area (Å²) >= 11 is 0. The molecule has 2 saturated heterocycles. The molecule has 2 heterocycles. The zero-order chi connectivity index (χ0) is 18.4. The summed E-state index contributed by atoms with van der Waals surface area (Å²) in [6, 6.07) is 8.18. The number of fused-ring (bicyclic) bond motifs is 1. The topological polar surface area (TPSA) is 44.7 Å². The van der Waals surface area contributed by atoms with Gasteiger partial charge in [-0.1, -0.05) is 6.07 Å². The van der Waals surface area contributed by atoms with Gasteiger partial charge in [-0.2, -0.15) is 0 Å². The first-order valence-corrected chi connectivity index (χ1v) is 10.9. The molecule has 2 N–H and O–H groups in total. The molecule has 4 heteroatoms. The molecule has 2 aliphatic heterocycles. The van der Waals surface area contributed by atoms with E-state index in [1.807, 2.05) is 6.92 Å². The van der Waals surface area contributed by atoms with Gasteiger partial charge >= 0.3 is 0 Å². The minimum atomic E-state index is -0.245. The third kappa shape index (κ3) is 1.90. The van der Waals surface area contributed by atoms with Crippen molar-refractivity contribution in [2.75, 3.05) is 26.7 Å². The van der Waals surface area contributed by atoms with E-state index in [1.54, 1.807) is 18.2 Å². The second kappa shape index (κ2) is 5.49. The third-order valence-corrected chi connectivity index (χ3v) is 9.15. The molecule has 0 amide bonds. The van der Waals surface area contributed by atoms with Gasteiger partial charge in [0, 0.05) is 24.0 Å². The summed E-state index contributed by atoms with van der Waals surface area (Å²) in [5.41, 5.74) is 3.87. The number of hydrogen-bond donors (Lipinski definition) is 2. The van der Waals surface area contributed by atoms with Crippen molar-refractivity contribution in [3.8, 4) is 5.75 Å². The van der Waals surface area contributed by atoms with Crippen LogP contribution < -0.4 is 10.1 Å². The smallest absolute Gasteiger partial charge is 0.119 e. The Bertz CT molecular complexity index is 780. The first-order chi connectivity index (χ1) is 13.1. The Morgan fingerprint density at radius 1 is 1.37 bits per heavy atom. The molecule has 146 valence electrons. The van der Waals surface area contributed by atoms with Crippen LogP contribution in [0.4, 0.5) is 0 Å². The monoisotopic (exact) mass is 368 g/mol.